The van der Waals surface area contributed by atoms with Crippen LogP contribution in [0.3, 0.4) is 0 Å². The van der Waals surface area contributed by atoms with Crippen molar-refractivity contribution in [1.82, 2.24) is 0 Å². The third kappa shape index (κ3) is 4.33. The van der Waals surface area contributed by atoms with Crippen LogP contribution in [0.25, 0.3) is 0 Å². The number of benzene rings is 2. The van der Waals surface area contributed by atoms with Gasteiger partial charge in [0.25, 0.3) is 11.6 Å². The van der Waals surface area contributed by atoms with E-state index < -0.39 is 5.72 Å². The Labute approximate surface area is 196 Å². The number of nitrogens with zero attached hydrogens (tertiary/aromatic N) is 2. The lowest BCUT2D eigenvalue weighted by Gasteiger charge is -2.29. The van der Waals surface area contributed by atoms with Crippen LogP contribution in [0.4, 0.5) is 5.69 Å². The van der Waals surface area contributed by atoms with Crippen molar-refractivity contribution in [2.45, 2.75) is 58.2 Å². The summed E-state index contributed by atoms with van der Waals surface area (Å²) in [5, 5.41) is 12.1. The lowest BCUT2D eigenvalue weighted by atomic mass is 9.94. The van der Waals surface area contributed by atoms with Gasteiger partial charge in [-0.25, -0.2) is 9.48 Å². The molecular formula is C25H33BrN2O3. The standard InChI is InChI=1S/C25H33N2O3.BrH/c1-4-29-22-14-10-20(11-15-22)25(28)19(3)27(24-9-7-6-8-18-26(24)25)21-12-16-23(17-13-21)30-5-2;/h10-17,19,28H,4-9,18H2,1-3H3;1H/q+1;/p-1. The molecule has 0 aromatic heterocycles. The fraction of sp³-hybridized carbons (Fsp3) is 0.480. The molecule has 0 spiro atoms. The summed E-state index contributed by atoms with van der Waals surface area (Å²) >= 11 is 0. The van der Waals surface area contributed by atoms with Gasteiger partial charge in [-0.05, 0) is 88.6 Å². The van der Waals surface area contributed by atoms with Crippen molar-refractivity contribution in [3.05, 3.63) is 54.1 Å². The first kappa shape index (κ1) is 23.6. The van der Waals surface area contributed by atoms with E-state index in [1.807, 2.05) is 50.2 Å². The van der Waals surface area contributed by atoms with Gasteiger partial charge in [0, 0.05) is 12.0 Å². The minimum atomic E-state index is -1.08. The Morgan fingerprint density at radius 3 is 2.10 bits per heavy atom. The summed E-state index contributed by atoms with van der Waals surface area (Å²) in [7, 11) is 0. The Bertz CT molecular complexity index is 898. The van der Waals surface area contributed by atoms with Gasteiger partial charge in [0.05, 0.1) is 19.8 Å². The van der Waals surface area contributed by atoms with Crippen LogP contribution in [0.5, 0.6) is 11.5 Å². The first-order valence-electron chi connectivity index (χ1n) is 11.2. The van der Waals surface area contributed by atoms with Gasteiger partial charge < -0.3 is 31.6 Å². The highest BCUT2D eigenvalue weighted by atomic mass is 79.9. The number of amidine groups is 1. The van der Waals surface area contributed by atoms with Gasteiger partial charge in [-0.2, -0.15) is 0 Å². The van der Waals surface area contributed by atoms with Crippen LogP contribution in [0.1, 0.15) is 52.0 Å². The number of anilines is 1. The van der Waals surface area contributed by atoms with Crippen LogP contribution in [0.2, 0.25) is 0 Å². The van der Waals surface area contributed by atoms with Crippen LogP contribution >= 0.6 is 0 Å². The molecule has 0 radical (unpaired) electrons. The Morgan fingerprint density at radius 2 is 1.52 bits per heavy atom. The van der Waals surface area contributed by atoms with Gasteiger partial charge in [-0.1, -0.05) is 0 Å². The minimum absolute atomic E-state index is 0. The number of hydrogen-bond donors (Lipinski definition) is 1. The largest absolute Gasteiger partial charge is 1.00 e. The summed E-state index contributed by atoms with van der Waals surface area (Å²) in [5.41, 5.74) is 0.921. The third-order valence-electron chi connectivity index (χ3n) is 6.27. The summed E-state index contributed by atoms with van der Waals surface area (Å²) in [5.74, 6) is 2.91. The first-order chi connectivity index (χ1) is 14.6. The fourth-order valence-corrected chi connectivity index (χ4v) is 4.84. The molecule has 2 aliphatic rings. The number of rotatable bonds is 6. The predicted molar refractivity (Wildman–Crippen MR) is 120 cm³/mol. The second-order valence-corrected chi connectivity index (χ2v) is 8.03. The molecule has 2 aromatic rings. The molecule has 168 valence electrons. The lowest BCUT2D eigenvalue weighted by molar-refractivity contribution is -0.663. The van der Waals surface area contributed by atoms with E-state index in [4.69, 9.17) is 9.47 Å². The van der Waals surface area contributed by atoms with Crippen LogP contribution in [0.15, 0.2) is 48.5 Å². The average molecular weight is 489 g/mol. The van der Waals surface area contributed by atoms with E-state index in [-0.39, 0.29) is 23.0 Å². The zero-order valence-corrected chi connectivity index (χ0v) is 20.3. The molecule has 2 atom stereocenters. The van der Waals surface area contributed by atoms with Gasteiger partial charge in [0.15, 0.2) is 6.04 Å². The molecule has 2 aromatic carbocycles. The van der Waals surface area contributed by atoms with Gasteiger partial charge >= 0.3 is 0 Å². The molecule has 4 rings (SSSR count). The van der Waals surface area contributed by atoms with E-state index >= 15 is 0 Å². The molecule has 6 heteroatoms. The molecule has 1 N–H and O–H groups in total. The molecule has 0 saturated carbocycles. The number of ether oxygens (including phenoxy) is 2. The SMILES string of the molecule is CCOc1ccc(N2C3=[N+](CCCCC3)C(O)(c3ccc(OCC)cc3)C2C)cc1.[Br-]. The van der Waals surface area contributed by atoms with Crippen molar-refractivity contribution in [3.8, 4) is 11.5 Å². The van der Waals surface area contributed by atoms with Crippen LogP contribution in [0, 0.1) is 0 Å². The molecule has 0 bridgehead atoms. The number of aliphatic hydroxyl groups is 1. The molecule has 0 saturated heterocycles. The van der Waals surface area contributed by atoms with Gasteiger partial charge in [-0.15, -0.1) is 0 Å². The second-order valence-electron chi connectivity index (χ2n) is 8.03. The van der Waals surface area contributed by atoms with E-state index in [9.17, 15) is 5.11 Å². The maximum absolute atomic E-state index is 12.1. The van der Waals surface area contributed by atoms with Crippen molar-refractivity contribution in [1.29, 1.82) is 0 Å². The van der Waals surface area contributed by atoms with Crippen LogP contribution in [-0.4, -0.2) is 41.3 Å². The molecule has 2 unspecified atom stereocenters. The fourth-order valence-electron chi connectivity index (χ4n) is 4.84. The molecule has 2 aliphatic heterocycles. The smallest absolute Gasteiger partial charge is 0.273 e. The molecule has 0 amide bonds. The van der Waals surface area contributed by atoms with Crippen molar-refractivity contribution < 1.29 is 36.1 Å². The zero-order chi connectivity index (χ0) is 21.1. The highest BCUT2D eigenvalue weighted by molar-refractivity contribution is 5.96. The van der Waals surface area contributed by atoms with Gasteiger partial charge in [0.2, 0.25) is 0 Å². The number of halogens is 1. The van der Waals surface area contributed by atoms with Crippen LogP contribution < -0.4 is 31.4 Å². The van der Waals surface area contributed by atoms with Crippen LogP contribution in [-0.2, 0) is 5.72 Å². The molecule has 0 aliphatic carbocycles. The maximum atomic E-state index is 12.1. The van der Waals surface area contributed by atoms with Gasteiger partial charge in [0.1, 0.15) is 17.2 Å². The number of hydrogen-bond acceptors (Lipinski definition) is 4. The van der Waals surface area contributed by atoms with Gasteiger partial charge in [-0.3, -0.25) is 0 Å². The minimum Gasteiger partial charge on any atom is -1.00 e. The Morgan fingerprint density at radius 1 is 0.935 bits per heavy atom. The van der Waals surface area contributed by atoms with E-state index in [0.717, 1.165) is 48.6 Å². The van der Waals surface area contributed by atoms with E-state index in [0.29, 0.717) is 13.2 Å². The molecule has 0 fully saturated rings. The van der Waals surface area contributed by atoms with E-state index in [1.54, 1.807) is 0 Å². The van der Waals surface area contributed by atoms with Crippen molar-refractivity contribution in [2.24, 2.45) is 0 Å². The van der Waals surface area contributed by atoms with Crippen molar-refractivity contribution in [2.75, 3.05) is 24.7 Å². The highest BCUT2D eigenvalue weighted by Gasteiger charge is 2.58. The normalized spacial score (nSPS) is 23.1. The molecule has 31 heavy (non-hydrogen) atoms. The summed E-state index contributed by atoms with van der Waals surface area (Å²) in [6.45, 7) is 8.24. The predicted octanol–water partition coefficient (Wildman–Crippen LogP) is 1.53. The lowest BCUT2D eigenvalue weighted by Crippen LogP contribution is -3.00. The van der Waals surface area contributed by atoms with Crippen molar-refractivity contribution >= 4 is 11.5 Å². The Hall–Kier alpha value is -2.05. The van der Waals surface area contributed by atoms with E-state index in [1.165, 1.54) is 12.3 Å². The molecule has 2 heterocycles. The zero-order valence-electron chi connectivity index (χ0n) is 18.7. The topological polar surface area (TPSA) is 44.9 Å². The Balaban J connectivity index is 0.00000272. The molecular weight excluding hydrogens is 456 g/mol. The van der Waals surface area contributed by atoms with Crippen molar-refractivity contribution in [3.63, 3.8) is 0 Å². The maximum Gasteiger partial charge on any atom is 0.273 e. The highest BCUT2D eigenvalue weighted by Crippen LogP contribution is 2.40. The summed E-state index contributed by atoms with van der Waals surface area (Å²) in [6, 6.07) is 16.0. The molecule has 5 nitrogen and oxygen atoms in total. The monoisotopic (exact) mass is 488 g/mol. The summed E-state index contributed by atoms with van der Waals surface area (Å²) in [6.07, 6.45) is 4.39. The van der Waals surface area contributed by atoms with E-state index in [2.05, 4.69) is 28.5 Å². The quantitative estimate of drug-likeness (QED) is 0.626. The average Bonchev–Trinajstić information content (AvgIpc) is 2.91. The Kier molecular flexibility index (Phi) is 7.65. The summed E-state index contributed by atoms with van der Waals surface area (Å²) < 4.78 is 13.5. The second kappa shape index (κ2) is 10.0. The first-order valence-corrected chi connectivity index (χ1v) is 11.2. The summed E-state index contributed by atoms with van der Waals surface area (Å²) in [4.78, 5) is 2.32. The third-order valence-corrected chi connectivity index (χ3v) is 6.27.